The highest BCUT2D eigenvalue weighted by Crippen LogP contribution is 2.36. The van der Waals surface area contributed by atoms with Crippen LogP contribution in [0, 0.1) is 0 Å². The van der Waals surface area contributed by atoms with Gasteiger partial charge in [-0.05, 0) is 31.2 Å². The van der Waals surface area contributed by atoms with Crippen LogP contribution < -0.4 is 5.73 Å². The van der Waals surface area contributed by atoms with Crippen LogP contribution in [0.15, 0.2) is 0 Å². The van der Waals surface area contributed by atoms with Crippen molar-refractivity contribution in [2.45, 2.75) is 53.4 Å². The lowest BCUT2D eigenvalue weighted by Gasteiger charge is -2.09. The zero-order valence-corrected chi connectivity index (χ0v) is 13.2. The second-order valence-electron chi connectivity index (χ2n) is 2.84. The molecule has 0 aliphatic rings. The van der Waals surface area contributed by atoms with Crippen molar-refractivity contribution in [2.24, 2.45) is 5.73 Å². The molecule has 0 spiro atoms. The average Bonchev–Trinajstić information content (AvgIpc) is 2.27. The monoisotopic (exact) mass is 271 g/mol. The van der Waals surface area contributed by atoms with Crippen molar-refractivity contribution in [3.05, 3.63) is 0 Å². The number of nitrogens with two attached hydrogens (primary N) is 1. The van der Waals surface area contributed by atoms with Crippen molar-refractivity contribution in [2.75, 3.05) is 19.8 Å². The minimum Gasteiger partial charge on any atom is -0.345 e. The molecular formula is C11H30NO2PS. The molecule has 3 nitrogen and oxygen atoms in total. The normalized spacial score (nSPS) is 12.7. The SMILES string of the molecule is CC.CC.CP(O)(=S)OCCCCCCN. The molecule has 1 unspecified atom stereocenters. The molecule has 0 heterocycles. The molecule has 0 saturated carbocycles. The molecule has 102 valence electrons. The van der Waals surface area contributed by atoms with E-state index in [0.29, 0.717) is 6.61 Å². The first kappa shape index (κ1) is 21.8. The first-order valence-electron chi connectivity index (χ1n) is 6.21. The number of hydrogen-bond acceptors (Lipinski definition) is 3. The van der Waals surface area contributed by atoms with Crippen molar-refractivity contribution >= 4 is 18.3 Å². The predicted molar refractivity (Wildman–Crippen MR) is 78.6 cm³/mol. The Balaban J connectivity index is -0.000000376. The van der Waals surface area contributed by atoms with E-state index in [-0.39, 0.29) is 0 Å². The standard InChI is InChI=1S/C7H18NO2PS.2C2H6/c1-11(9,12)10-7-5-3-2-4-6-8;2*1-2/h2-8H2,1H3,(H,9,12);2*1-2H3. The van der Waals surface area contributed by atoms with Crippen molar-refractivity contribution in [3.8, 4) is 0 Å². The summed E-state index contributed by atoms with van der Waals surface area (Å²) in [6.45, 7) is 8.49. The Labute approximate surface area is 107 Å². The minimum absolute atomic E-state index is 0.578. The van der Waals surface area contributed by atoms with E-state index in [1.54, 1.807) is 6.66 Å². The highest BCUT2D eigenvalue weighted by molar-refractivity contribution is 8.09. The molecule has 0 aromatic rings. The van der Waals surface area contributed by atoms with E-state index < -0.39 is 6.49 Å². The summed E-state index contributed by atoms with van der Waals surface area (Å²) < 4.78 is 5.06. The summed E-state index contributed by atoms with van der Waals surface area (Å²) in [6, 6.07) is 0. The molecule has 0 bridgehead atoms. The van der Waals surface area contributed by atoms with E-state index in [2.05, 4.69) is 0 Å². The fourth-order valence-electron chi connectivity index (χ4n) is 0.834. The maximum atomic E-state index is 9.10. The van der Waals surface area contributed by atoms with Crippen molar-refractivity contribution in [3.63, 3.8) is 0 Å². The van der Waals surface area contributed by atoms with Gasteiger partial charge in [-0.15, -0.1) is 0 Å². The van der Waals surface area contributed by atoms with Crippen LogP contribution in [0.25, 0.3) is 0 Å². The lowest BCUT2D eigenvalue weighted by Crippen LogP contribution is -1.98. The van der Waals surface area contributed by atoms with Gasteiger partial charge >= 0.3 is 0 Å². The molecule has 0 aliphatic carbocycles. The van der Waals surface area contributed by atoms with Crippen LogP contribution in [0.4, 0.5) is 0 Å². The maximum Gasteiger partial charge on any atom is 0.183 e. The summed E-state index contributed by atoms with van der Waals surface area (Å²) in [5.74, 6) is 0. The highest BCUT2D eigenvalue weighted by atomic mass is 32.5. The van der Waals surface area contributed by atoms with Gasteiger partial charge in [-0.1, -0.05) is 40.5 Å². The van der Waals surface area contributed by atoms with Gasteiger partial charge in [-0.2, -0.15) is 0 Å². The zero-order valence-electron chi connectivity index (χ0n) is 11.5. The summed E-state index contributed by atoms with van der Waals surface area (Å²) in [5, 5.41) is 0. The third-order valence-electron chi connectivity index (χ3n) is 1.43. The molecule has 5 heteroatoms. The Hall–Kier alpha value is 0.530. The molecule has 0 aliphatic heterocycles. The highest BCUT2D eigenvalue weighted by Gasteiger charge is 2.02. The lowest BCUT2D eigenvalue weighted by atomic mass is 10.2. The second-order valence-corrected chi connectivity index (χ2v) is 6.74. The van der Waals surface area contributed by atoms with Crippen LogP contribution in [-0.4, -0.2) is 24.7 Å². The van der Waals surface area contributed by atoms with Gasteiger partial charge in [-0.25, -0.2) is 0 Å². The molecule has 16 heavy (non-hydrogen) atoms. The summed E-state index contributed by atoms with van der Waals surface area (Å²) in [6.07, 6.45) is 4.27. The molecule has 1 atom stereocenters. The van der Waals surface area contributed by atoms with Gasteiger partial charge in [0.05, 0.1) is 6.61 Å². The quantitative estimate of drug-likeness (QED) is 0.549. The van der Waals surface area contributed by atoms with Gasteiger partial charge in [0.2, 0.25) is 0 Å². The number of rotatable bonds is 7. The van der Waals surface area contributed by atoms with Gasteiger partial charge < -0.3 is 15.2 Å². The first-order valence-corrected chi connectivity index (χ1v) is 9.33. The molecule has 0 saturated heterocycles. The molecule has 0 fully saturated rings. The molecule has 0 aromatic carbocycles. The van der Waals surface area contributed by atoms with E-state index in [1.165, 1.54) is 0 Å². The largest absolute Gasteiger partial charge is 0.345 e. The first-order chi connectivity index (χ1) is 7.56. The third-order valence-corrected chi connectivity index (χ3v) is 2.41. The zero-order chi connectivity index (χ0) is 13.4. The lowest BCUT2D eigenvalue weighted by molar-refractivity contribution is 0.300. The van der Waals surface area contributed by atoms with E-state index >= 15 is 0 Å². The molecular weight excluding hydrogens is 241 g/mol. The van der Waals surface area contributed by atoms with Gasteiger partial charge in [0.15, 0.2) is 6.49 Å². The molecule has 0 radical (unpaired) electrons. The molecule has 0 rings (SSSR count). The van der Waals surface area contributed by atoms with Crippen LogP contribution >= 0.6 is 6.49 Å². The summed E-state index contributed by atoms with van der Waals surface area (Å²) in [4.78, 5) is 9.10. The summed E-state index contributed by atoms with van der Waals surface area (Å²) >= 11 is 4.71. The number of unbranched alkanes of at least 4 members (excludes halogenated alkanes) is 3. The molecule has 3 N–H and O–H groups in total. The summed E-state index contributed by atoms with van der Waals surface area (Å²) in [5.41, 5.74) is 5.33. The van der Waals surface area contributed by atoms with Gasteiger partial charge in [0.1, 0.15) is 0 Å². The molecule has 0 amide bonds. The van der Waals surface area contributed by atoms with Crippen LogP contribution in [0.2, 0.25) is 0 Å². The van der Waals surface area contributed by atoms with Crippen molar-refractivity contribution in [1.29, 1.82) is 0 Å². The topological polar surface area (TPSA) is 55.5 Å². The maximum absolute atomic E-state index is 9.10. The smallest absolute Gasteiger partial charge is 0.183 e. The van der Waals surface area contributed by atoms with Crippen LogP contribution in [0.5, 0.6) is 0 Å². The Morgan fingerprint density at radius 1 is 1.06 bits per heavy atom. The van der Waals surface area contributed by atoms with E-state index in [0.717, 1.165) is 32.2 Å². The third kappa shape index (κ3) is 29.3. The Kier molecular flexibility index (Phi) is 24.4. The fourth-order valence-corrected chi connectivity index (χ4v) is 1.53. The fraction of sp³-hybridized carbons (Fsp3) is 1.00. The van der Waals surface area contributed by atoms with E-state index in [1.807, 2.05) is 27.7 Å². The second kappa shape index (κ2) is 17.9. The predicted octanol–water partition coefficient (Wildman–Crippen LogP) is 3.51. The van der Waals surface area contributed by atoms with Crippen molar-refractivity contribution < 1.29 is 9.42 Å². The average molecular weight is 271 g/mol. The van der Waals surface area contributed by atoms with Crippen LogP contribution in [0.1, 0.15) is 53.4 Å². The van der Waals surface area contributed by atoms with Crippen LogP contribution in [-0.2, 0) is 16.3 Å². The minimum atomic E-state index is -2.41. The molecule has 0 aromatic heterocycles. The van der Waals surface area contributed by atoms with Gasteiger partial charge in [0, 0.05) is 6.66 Å². The van der Waals surface area contributed by atoms with Crippen LogP contribution in [0.3, 0.4) is 0 Å². The number of hydrogen-bond donors (Lipinski definition) is 2. The van der Waals surface area contributed by atoms with Gasteiger partial charge in [-0.3, -0.25) is 0 Å². The Morgan fingerprint density at radius 2 is 1.50 bits per heavy atom. The van der Waals surface area contributed by atoms with Crippen molar-refractivity contribution in [1.82, 2.24) is 0 Å². The van der Waals surface area contributed by atoms with E-state index in [4.69, 9.17) is 27.0 Å². The van der Waals surface area contributed by atoms with Gasteiger partial charge in [0.25, 0.3) is 0 Å². The van der Waals surface area contributed by atoms with E-state index in [9.17, 15) is 0 Å². The summed E-state index contributed by atoms with van der Waals surface area (Å²) in [7, 11) is 0. The Morgan fingerprint density at radius 3 is 1.88 bits per heavy atom. The Bertz CT molecular complexity index is 151.